The van der Waals surface area contributed by atoms with E-state index in [2.05, 4.69) is 16.1 Å². The summed E-state index contributed by atoms with van der Waals surface area (Å²) in [6.45, 7) is 0.542. The van der Waals surface area contributed by atoms with Crippen molar-refractivity contribution in [2.75, 3.05) is 12.3 Å². The second kappa shape index (κ2) is 7.97. The minimum Gasteiger partial charge on any atom is -0.394 e. The van der Waals surface area contributed by atoms with Crippen molar-refractivity contribution < 1.29 is 0 Å². The summed E-state index contributed by atoms with van der Waals surface area (Å²) in [5.74, 6) is 0. The Bertz CT molecular complexity index is 1060. The number of pyridine rings is 1. The normalized spacial score (nSPS) is 21.8. The third kappa shape index (κ3) is 3.78. The van der Waals surface area contributed by atoms with Crippen LogP contribution in [0.5, 0.6) is 0 Å². The van der Waals surface area contributed by atoms with Crippen molar-refractivity contribution in [2.45, 2.75) is 37.1 Å². The maximum atomic E-state index is 12.7. The Morgan fingerprint density at radius 1 is 1.17 bits per heavy atom. The lowest BCUT2D eigenvalue weighted by Crippen LogP contribution is -2.41. The smallest absolute Gasteiger partial charge is 0.290 e. The van der Waals surface area contributed by atoms with Gasteiger partial charge >= 0.3 is 0 Å². The van der Waals surface area contributed by atoms with Crippen LogP contribution >= 0.6 is 11.6 Å². The average molecular weight is 410 g/mol. The molecule has 6 nitrogen and oxygen atoms in total. The highest BCUT2D eigenvalue weighted by molar-refractivity contribution is 6.30. The van der Waals surface area contributed by atoms with Crippen LogP contribution in [0, 0.1) is 0 Å². The molecule has 1 saturated carbocycles. The number of aromatic nitrogens is 3. The van der Waals surface area contributed by atoms with Gasteiger partial charge in [-0.15, -0.1) is 0 Å². The average Bonchev–Trinajstić information content (AvgIpc) is 2.76. The van der Waals surface area contributed by atoms with Crippen LogP contribution in [0.1, 0.15) is 37.3 Å². The third-order valence-corrected chi connectivity index (χ3v) is 6.24. The fourth-order valence-electron chi connectivity index (χ4n) is 4.26. The molecule has 29 heavy (non-hydrogen) atoms. The van der Waals surface area contributed by atoms with E-state index in [-0.39, 0.29) is 22.7 Å². The molecule has 0 radical (unpaired) electrons. The molecule has 1 aliphatic carbocycles. The Kier molecular flexibility index (Phi) is 5.39. The van der Waals surface area contributed by atoms with E-state index < -0.39 is 0 Å². The van der Waals surface area contributed by atoms with Gasteiger partial charge in [0.05, 0.1) is 11.7 Å². The van der Waals surface area contributed by atoms with Gasteiger partial charge in [-0.1, -0.05) is 23.7 Å². The van der Waals surface area contributed by atoms with Crippen LogP contribution in [0.25, 0.3) is 11.3 Å². The molecule has 0 amide bonds. The van der Waals surface area contributed by atoms with Crippen LogP contribution in [0.3, 0.4) is 0 Å². The molecule has 1 fully saturated rings. The van der Waals surface area contributed by atoms with Crippen LogP contribution < -0.4 is 17.0 Å². The lowest BCUT2D eigenvalue weighted by atomic mass is 9.68. The molecule has 1 aliphatic rings. The molecule has 3 aromatic rings. The summed E-state index contributed by atoms with van der Waals surface area (Å²) in [4.78, 5) is 16.8. The van der Waals surface area contributed by atoms with E-state index >= 15 is 0 Å². The van der Waals surface area contributed by atoms with Crippen molar-refractivity contribution in [1.82, 2.24) is 14.8 Å². The van der Waals surface area contributed by atoms with Gasteiger partial charge in [0, 0.05) is 34.9 Å². The van der Waals surface area contributed by atoms with Gasteiger partial charge in [-0.25, -0.2) is 4.68 Å². The first-order valence-corrected chi connectivity index (χ1v) is 10.2. The third-order valence-electron chi connectivity index (χ3n) is 6.01. The maximum Gasteiger partial charge on any atom is 0.290 e. The highest BCUT2D eigenvalue weighted by Crippen LogP contribution is 2.42. The van der Waals surface area contributed by atoms with E-state index in [0.29, 0.717) is 17.3 Å². The second-order valence-corrected chi connectivity index (χ2v) is 8.14. The van der Waals surface area contributed by atoms with Gasteiger partial charge in [-0.2, -0.15) is 5.10 Å². The summed E-state index contributed by atoms with van der Waals surface area (Å²) in [7, 11) is 0. The highest BCUT2D eigenvalue weighted by Gasteiger charge is 2.37. The van der Waals surface area contributed by atoms with E-state index in [0.717, 1.165) is 36.8 Å². The van der Waals surface area contributed by atoms with Crippen molar-refractivity contribution in [3.8, 4) is 11.3 Å². The molecule has 0 saturated heterocycles. The fourth-order valence-corrected chi connectivity index (χ4v) is 4.45. The van der Waals surface area contributed by atoms with Crippen molar-refractivity contribution in [2.24, 2.45) is 5.73 Å². The van der Waals surface area contributed by atoms with Crippen LogP contribution in [0.4, 0.5) is 5.69 Å². The molecule has 0 bridgehead atoms. The number of anilines is 1. The minimum atomic E-state index is -0.245. The van der Waals surface area contributed by atoms with Gasteiger partial charge in [-0.3, -0.25) is 9.78 Å². The molecule has 4 rings (SSSR count). The molecule has 7 heteroatoms. The number of nitrogens with two attached hydrogens (primary N) is 2. The number of hydrogen-bond acceptors (Lipinski definition) is 5. The summed E-state index contributed by atoms with van der Waals surface area (Å²) in [5.41, 5.74) is 14.7. The zero-order chi connectivity index (χ0) is 20.4. The molecule has 150 valence electrons. The SMILES string of the molecule is NC[C@]1(c2cccc(Cl)c2)CC[C@@H](n2nc(-c3cccnc3)cc(N)c2=O)CC1. The summed E-state index contributed by atoms with van der Waals surface area (Å²) in [6, 6.07) is 13.3. The Labute approximate surface area is 174 Å². The van der Waals surface area contributed by atoms with Gasteiger partial charge in [0.1, 0.15) is 5.69 Å². The Morgan fingerprint density at radius 3 is 2.62 bits per heavy atom. The summed E-state index contributed by atoms with van der Waals surface area (Å²) < 4.78 is 1.55. The largest absolute Gasteiger partial charge is 0.394 e. The summed E-state index contributed by atoms with van der Waals surface area (Å²) in [5, 5.41) is 5.33. The van der Waals surface area contributed by atoms with E-state index in [9.17, 15) is 4.79 Å². The molecular weight excluding hydrogens is 386 g/mol. The number of nitrogens with zero attached hydrogens (tertiary/aromatic N) is 3. The van der Waals surface area contributed by atoms with Crippen LogP contribution in [-0.4, -0.2) is 21.3 Å². The zero-order valence-electron chi connectivity index (χ0n) is 16.1. The lowest BCUT2D eigenvalue weighted by Gasteiger charge is -2.40. The van der Waals surface area contributed by atoms with Crippen molar-refractivity contribution in [1.29, 1.82) is 0 Å². The van der Waals surface area contributed by atoms with Gasteiger partial charge < -0.3 is 11.5 Å². The topological polar surface area (TPSA) is 99.8 Å². The molecule has 1 aromatic carbocycles. The Hall–Kier alpha value is -2.70. The van der Waals surface area contributed by atoms with Gasteiger partial charge in [-0.05, 0) is 61.6 Å². The van der Waals surface area contributed by atoms with Crippen molar-refractivity contribution >= 4 is 17.3 Å². The van der Waals surface area contributed by atoms with Gasteiger partial charge in [0.25, 0.3) is 5.56 Å². The van der Waals surface area contributed by atoms with Crippen molar-refractivity contribution in [3.63, 3.8) is 0 Å². The van der Waals surface area contributed by atoms with Gasteiger partial charge in [0.2, 0.25) is 0 Å². The van der Waals surface area contributed by atoms with E-state index in [1.165, 1.54) is 0 Å². The van der Waals surface area contributed by atoms with E-state index in [1.807, 2.05) is 30.3 Å². The fraction of sp³-hybridized carbons (Fsp3) is 0.318. The van der Waals surface area contributed by atoms with Crippen LogP contribution in [-0.2, 0) is 5.41 Å². The molecule has 0 aliphatic heterocycles. The number of halogens is 1. The summed E-state index contributed by atoms with van der Waals surface area (Å²) >= 11 is 6.21. The predicted molar refractivity (Wildman–Crippen MR) is 116 cm³/mol. The maximum absolute atomic E-state index is 12.7. The van der Waals surface area contributed by atoms with Crippen LogP contribution in [0.15, 0.2) is 59.7 Å². The first-order chi connectivity index (χ1) is 14.0. The van der Waals surface area contributed by atoms with Gasteiger partial charge in [0.15, 0.2) is 0 Å². The molecule has 0 unspecified atom stereocenters. The molecule has 2 aromatic heterocycles. The number of hydrogen-bond donors (Lipinski definition) is 2. The summed E-state index contributed by atoms with van der Waals surface area (Å²) in [6.07, 6.45) is 6.74. The lowest BCUT2D eigenvalue weighted by molar-refractivity contribution is 0.222. The van der Waals surface area contributed by atoms with E-state index in [1.54, 1.807) is 23.1 Å². The van der Waals surface area contributed by atoms with E-state index in [4.69, 9.17) is 23.1 Å². The minimum absolute atomic E-state index is 0.0136. The number of benzene rings is 1. The molecule has 0 atom stereocenters. The zero-order valence-corrected chi connectivity index (χ0v) is 16.8. The Balaban J connectivity index is 1.63. The number of nitrogen functional groups attached to an aromatic ring is 1. The predicted octanol–water partition coefficient (Wildman–Crippen LogP) is 3.55. The standard InChI is InChI=1S/C22H24ClN5O/c23-17-5-1-4-16(11-17)22(14-24)8-6-18(7-9-22)28-21(29)19(25)12-20(27-28)15-3-2-10-26-13-15/h1-5,10-13,18H,6-9,14,24-25H2/t18-,22+. The molecule has 4 N–H and O–H groups in total. The quantitative estimate of drug-likeness (QED) is 0.686. The molecule has 2 heterocycles. The highest BCUT2D eigenvalue weighted by atomic mass is 35.5. The molecular formula is C22H24ClN5O. The molecule has 0 spiro atoms. The van der Waals surface area contributed by atoms with Crippen molar-refractivity contribution in [3.05, 3.63) is 75.8 Å². The number of rotatable bonds is 4. The monoisotopic (exact) mass is 409 g/mol. The van der Waals surface area contributed by atoms with Crippen LogP contribution in [0.2, 0.25) is 5.02 Å². The first kappa shape index (κ1) is 19.6. The second-order valence-electron chi connectivity index (χ2n) is 7.70. The Morgan fingerprint density at radius 2 is 1.97 bits per heavy atom. The first-order valence-electron chi connectivity index (χ1n) is 9.78.